The van der Waals surface area contributed by atoms with Crippen LogP contribution in [0.2, 0.25) is 0 Å². The molecule has 3 atom stereocenters. The Morgan fingerprint density at radius 2 is 1.74 bits per heavy atom. The van der Waals surface area contributed by atoms with Gasteiger partial charge in [-0.25, -0.2) is 0 Å². The second-order valence-electron chi connectivity index (χ2n) is 6.81. The maximum absolute atomic E-state index is 13.6. The molecule has 0 unspecified atom stereocenters. The monoisotopic (exact) mass is 364 g/mol. The standard InChI is InChI=1S/C21H20N2O4/c1-25-17-16-12-8-4-6-10-14(12)22-18(16)21(27-3)19(24)13-9-5-7-11-15(13)23(21)20(17)26-2/h4-11,17,20,22H,1-3H3/t17-,20+,21-/m1/s1. The number of nitrogens with one attached hydrogen (secondary N) is 1. The van der Waals surface area contributed by atoms with E-state index in [1.165, 1.54) is 0 Å². The van der Waals surface area contributed by atoms with Crippen LogP contribution in [0, 0.1) is 0 Å². The van der Waals surface area contributed by atoms with Crippen molar-refractivity contribution in [2.75, 3.05) is 26.2 Å². The van der Waals surface area contributed by atoms with Gasteiger partial charge >= 0.3 is 0 Å². The summed E-state index contributed by atoms with van der Waals surface area (Å²) in [6.07, 6.45) is -0.905. The van der Waals surface area contributed by atoms with Crippen LogP contribution in [-0.4, -0.2) is 38.3 Å². The summed E-state index contributed by atoms with van der Waals surface area (Å²) in [7, 11) is 4.85. The van der Waals surface area contributed by atoms with Gasteiger partial charge in [0.2, 0.25) is 11.5 Å². The van der Waals surface area contributed by atoms with Crippen LogP contribution in [0.15, 0.2) is 48.5 Å². The van der Waals surface area contributed by atoms with Crippen molar-refractivity contribution in [1.82, 2.24) is 4.98 Å². The van der Waals surface area contributed by atoms with E-state index in [0.717, 1.165) is 22.2 Å². The molecular formula is C21H20N2O4. The summed E-state index contributed by atoms with van der Waals surface area (Å²) in [5.41, 5.74) is 2.62. The fourth-order valence-electron chi connectivity index (χ4n) is 4.65. The minimum absolute atomic E-state index is 0.106. The number of ether oxygens (including phenoxy) is 3. The van der Waals surface area contributed by atoms with Crippen LogP contribution in [0.5, 0.6) is 0 Å². The molecule has 2 aliphatic rings. The lowest BCUT2D eigenvalue weighted by atomic mass is 9.89. The fourth-order valence-corrected chi connectivity index (χ4v) is 4.65. The van der Waals surface area contributed by atoms with Crippen molar-refractivity contribution in [2.24, 2.45) is 0 Å². The molecule has 5 rings (SSSR count). The van der Waals surface area contributed by atoms with Gasteiger partial charge in [-0.15, -0.1) is 0 Å². The summed E-state index contributed by atoms with van der Waals surface area (Å²) in [6.45, 7) is 0. The molecule has 27 heavy (non-hydrogen) atoms. The molecule has 3 heterocycles. The summed E-state index contributed by atoms with van der Waals surface area (Å²) >= 11 is 0. The second kappa shape index (κ2) is 5.66. The molecule has 3 aromatic rings. The number of nitrogens with zero attached hydrogens (tertiary/aromatic N) is 1. The molecule has 0 spiro atoms. The zero-order chi connectivity index (χ0) is 18.8. The fraction of sp³-hybridized carbons (Fsp3) is 0.286. The molecular weight excluding hydrogens is 344 g/mol. The molecule has 2 aliphatic heterocycles. The summed E-state index contributed by atoms with van der Waals surface area (Å²) in [5.74, 6) is -0.106. The first-order chi connectivity index (χ1) is 13.2. The van der Waals surface area contributed by atoms with Gasteiger partial charge in [0, 0.05) is 43.4 Å². The minimum atomic E-state index is -1.31. The lowest BCUT2D eigenvalue weighted by molar-refractivity contribution is -0.0973. The molecule has 0 aliphatic carbocycles. The Bertz CT molecular complexity index is 1060. The lowest BCUT2D eigenvalue weighted by Crippen LogP contribution is -2.60. The van der Waals surface area contributed by atoms with Gasteiger partial charge in [-0.2, -0.15) is 0 Å². The van der Waals surface area contributed by atoms with Crippen molar-refractivity contribution in [3.63, 3.8) is 0 Å². The summed E-state index contributed by atoms with van der Waals surface area (Å²) in [5, 5.41) is 1.00. The Morgan fingerprint density at radius 1 is 1.00 bits per heavy atom. The average molecular weight is 364 g/mol. The van der Waals surface area contributed by atoms with E-state index in [0.29, 0.717) is 11.3 Å². The zero-order valence-corrected chi connectivity index (χ0v) is 15.4. The van der Waals surface area contributed by atoms with Crippen LogP contribution in [0.1, 0.15) is 27.7 Å². The largest absolute Gasteiger partial charge is 0.372 e. The first-order valence-electron chi connectivity index (χ1n) is 8.84. The van der Waals surface area contributed by atoms with Crippen molar-refractivity contribution >= 4 is 22.4 Å². The van der Waals surface area contributed by atoms with E-state index in [1.54, 1.807) is 21.3 Å². The summed E-state index contributed by atoms with van der Waals surface area (Å²) in [4.78, 5) is 18.9. The molecule has 0 amide bonds. The third-order valence-corrected chi connectivity index (χ3v) is 5.73. The molecule has 0 saturated carbocycles. The van der Waals surface area contributed by atoms with E-state index in [4.69, 9.17) is 14.2 Å². The molecule has 6 heteroatoms. The highest BCUT2D eigenvalue weighted by atomic mass is 16.6. The number of fused-ring (bicyclic) bond motifs is 7. The molecule has 0 radical (unpaired) electrons. The van der Waals surface area contributed by atoms with Crippen LogP contribution < -0.4 is 4.90 Å². The topological polar surface area (TPSA) is 63.8 Å². The van der Waals surface area contributed by atoms with Crippen LogP contribution in [0.4, 0.5) is 5.69 Å². The van der Waals surface area contributed by atoms with Gasteiger partial charge in [0.15, 0.2) is 6.23 Å². The van der Waals surface area contributed by atoms with Gasteiger partial charge in [-0.3, -0.25) is 4.79 Å². The molecule has 138 valence electrons. The maximum atomic E-state index is 13.6. The van der Waals surface area contributed by atoms with Gasteiger partial charge in [-0.05, 0) is 18.2 Å². The second-order valence-corrected chi connectivity index (χ2v) is 6.81. The normalized spacial score (nSPS) is 26.2. The highest BCUT2D eigenvalue weighted by molar-refractivity contribution is 6.14. The highest BCUT2D eigenvalue weighted by Crippen LogP contribution is 2.55. The maximum Gasteiger partial charge on any atom is 0.250 e. The van der Waals surface area contributed by atoms with E-state index in [1.807, 2.05) is 53.4 Å². The average Bonchev–Trinajstić information content (AvgIpc) is 3.22. The molecule has 0 saturated heterocycles. The van der Waals surface area contributed by atoms with E-state index in [2.05, 4.69) is 4.98 Å². The SMILES string of the molecule is CO[C@@H]1c2c([nH]c3ccccc23)[C@@]2(OC)C(=O)c3ccccc3N2[C@H]1OC. The first-order valence-corrected chi connectivity index (χ1v) is 8.84. The number of hydrogen-bond acceptors (Lipinski definition) is 5. The van der Waals surface area contributed by atoms with E-state index in [-0.39, 0.29) is 11.9 Å². The smallest absolute Gasteiger partial charge is 0.250 e. The Balaban J connectivity index is 1.91. The number of ketones is 1. The third kappa shape index (κ3) is 1.82. The van der Waals surface area contributed by atoms with Gasteiger partial charge in [0.1, 0.15) is 6.10 Å². The number of H-pyrrole nitrogens is 1. The van der Waals surface area contributed by atoms with Gasteiger partial charge in [0.25, 0.3) is 0 Å². The molecule has 0 bridgehead atoms. The number of methoxy groups -OCH3 is 3. The Labute approximate surface area is 156 Å². The van der Waals surface area contributed by atoms with Crippen LogP contribution in [0.25, 0.3) is 10.9 Å². The van der Waals surface area contributed by atoms with Gasteiger partial charge in [-0.1, -0.05) is 30.3 Å². The number of carbonyl (C=O) groups excluding carboxylic acids is 1. The Kier molecular flexibility index (Phi) is 3.46. The number of hydrogen-bond donors (Lipinski definition) is 1. The number of anilines is 1. The minimum Gasteiger partial charge on any atom is -0.372 e. The van der Waals surface area contributed by atoms with Crippen molar-refractivity contribution in [3.8, 4) is 0 Å². The molecule has 6 nitrogen and oxygen atoms in total. The number of para-hydroxylation sites is 2. The van der Waals surface area contributed by atoms with E-state index >= 15 is 0 Å². The Morgan fingerprint density at radius 3 is 2.48 bits per heavy atom. The predicted molar refractivity (Wildman–Crippen MR) is 101 cm³/mol. The van der Waals surface area contributed by atoms with Gasteiger partial charge in [0.05, 0.1) is 11.4 Å². The molecule has 1 N–H and O–H groups in total. The quantitative estimate of drug-likeness (QED) is 0.772. The third-order valence-electron chi connectivity index (χ3n) is 5.73. The zero-order valence-electron chi connectivity index (χ0n) is 15.4. The first kappa shape index (κ1) is 16.5. The summed E-state index contributed by atoms with van der Waals surface area (Å²) < 4.78 is 17.7. The highest BCUT2D eigenvalue weighted by Gasteiger charge is 2.62. The molecule has 0 fully saturated rings. The lowest BCUT2D eigenvalue weighted by Gasteiger charge is -2.47. The van der Waals surface area contributed by atoms with E-state index in [9.17, 15) is 4.79 Å². The number of aromatic amines is 1. The summed E-state index contributed by atoms with van der Waals surface area (Å²) in [6, 6.07) is 15.5. The van der Waals surface area contributed by atoms with Crippen LogP contribution >= 0.6 is 0 Å². The van der Waals surface area contributed by atoms with Crippen molar-refractivity contribution in [1.29, 1.82) is 0 Å². The predicted octanol–water partition coefficient (Wildman–Crippen LogP) is 3.34. The molecule has 1 aromatic heterocycles. The van der Waals surface area contributed by atoms with Crippen LogP contribution in [-0.2, 0) is 19.9 Å². The Hall–Kier alpha value is -2.67. The number of Topliss-reactive ketones (excluding diaryl/α,β-unsaturated/α-hetero) is 1. The molecule has 2 aromatic carbocycles. The van der Waals surface area contributed by atoms with E-state index < -0.39 is 12.0 Å². The van der Waals surface area contributed by atoms with Crippen molar-refractivity contribution in [3.05, 3.63) is 65.4 Å². The number of rotatable bonds is 3. The van der Waals surface area contributed by atoms with Crippen molar-refractivity contribution in [2.45, 2.75) is 18.1 Å². The van der Waals surface area contributed by atoms with Gasteiger partial charge < -0.3 is 24.1 Å². The number of carbonyl (C=O) groups is 1. The van der Waals surface area contributed by atoms with Crippen LogP contribution in [0.3, 0.4) is 0 Å². The van der Waals surface area contributed by atoms with Crippen molar-refractivity contribution < 1.29 is 19.0 Å². The number of aromatic nitrogens is 1. The number of benzene rings is 2.